The zero-order chi connectivity index (χ0) is 23.3. The van der Waals surface area contributed by atoms with E-state index in [1.165, 1.54) is 11.6 Å². The van der Waals surface area contributed by atoms with E-state index in [2.05, 4.69) is 36.1 Å². The van der Waals surface area contributed by atoms with E-state index in [0.29, 0.717) is 10.9 Å². The Morgan fingerprint density at radius 2 is 1.85 bits per heavy atom. The lowest BCUT2D eigenvalue weighted by Crippen LogP contribution is -2.37. The molecule has 3 aromatic heterocycles. The molecule has 2 N–H and O–H groups in total. The van der Waals surface area contributed by atoms with Gasteiger partial charge in [-0.2, -0.15) is 4.98 Å². The Morgan fingerprint density at radius 1 is 1.06 bits per heavy atom. The van der Waals surface area contributed by atoms with Crippen LogP contribution in [0.4, 0.5) is 11.6 Å². The molecule has 0 fully saturated rings. The first kappa shape index (κ1) is 20.9. The summed E-state index contributed by atoms with van der Waals surface area (Å²) in [4.78, 5) is 32.8. The van der Waals surface area contributed by atoms with Crippen LogP contribution < -0.4 is 11.2 Å². The second-order valence-electron chi connectivity index (χ2n) is 7.57. The Bertz CT molecular complexity index is 1690. The van der Waals surface area contributed by atoms with Crippen molar-refractivity contribution in [2.24, 2.45) is 24.3 Å². The Hall–Kier alpha value is -3.99. The molecule has 33 heavy (non-hydrogen) atoms. The first-order valence-electron chi connectivity index (χ1n) is 9.97. The number of nitrogens with zero attached hydrogens (tertiary/aromatic N) is 6. The summed E-state index contributed by atoms with van der Waals surface area (Å²) in [5, 5.41) is 19.5. The molecule has 0 unspecified atom stereocenters. The maximum absolute atomic E-state index is 13.0. The summed E-state index contributed by atoms with van der Waals surface area (Å²) in [5.74, 6) is 0.00544. The molecule has 2 aromatic carbocycles. The Kier molecular flexibility index (Phi) is 4.97. The van der Waals surface area contributed by atoms with Gasteiger partial charge in [-0.25, -0.2) is 4.79 Å². The van der Waals surface area contributed by atoms with Gasteiger partial charge in [0.2, 0.25) is 5.88 Å². The third-order valence-electron chi connectivity index (χ3n) is 5.46. The molecule has 0 amide bonds. The number of para-hydroxylation sites is 1. The number of halogens is 1. The van der Waals surface area contributed by atoms with Crippen molar-refractivity contribution >= 4 is 49.6 Å². The molecule has 0 saturated carbocycles. The number of H-pyrrole nitrogens is 1. The van der Waals surface area contributed by atoms with E-state index in [0.717, 1.165) is 14.6 Å². The first-order valence-corrected chi connectivity index (χ1v) is 10.8. The average Bonchev–Trinajstić information content (AvgIpc) is 3.31. The van der Waals surface area contributed by atoms with Gasteiger partial charge in [0.15, 0.2) is 16.9 Å². The van der Waals surface area contributed by atoms with Crippen molar-refractivity contribution < 1.29 is 5.11 Å². The average molecular weight is 508 g/mol. The highest BCUT2D eigenvalue weighted by atomic mass is 79.9. The highest BCUT2D eigenvalue weighted by Gasteiger charge is 2.20. The Morgan fingerprint density at radius 3 is 2.64 bits per heavy atom. The third kappa shape index (κ3) is 3.46. The SMILES string of the molecule is Cn1c(=O)c2c(nc(N=Nc3c(O)[nH]c4ccccc34)n2Cc2cccc(Br)c2)n(C)c1=O. The lowest BCUT2D eigenvalue weighted by molar-refractivity contribution is 0.459. The summed E-state index contributed by atoms with van der Waals surface area (Å²) < 4.78 is 4.84. The van der Waals surface area contributed by atoms with Crippen molar-refractivity contribution in [2.45, 2.75) is 6.54 Å². The summed E-state index contributed by atoms with van der Waals surface area (Å²) in [6.45, 7) is 0.275. The van der Waals surface area contributed by atoms with E-state index in [9.17, 15) is 14.7 Å². The van der Waals surface area contributed by atoms with Crippen LogP contribution in [0.1, 0.15) is 5.56 Å². The zero-order valence-corrected chi connectivity index (χ0v) is 19.2. The van der Waals surface area contributed by atoms with E-state index in [1.807, 2.05) is 48.5 Å². The number of fused-ring (bicyclic) bond motifs is 2. The number of aromatic amines is 1. The summed E-state index contributed by atoms with van der Waals surface area (Å²) in [7, 11) is 2.97. The van der Waals surface area contributed by atoms with E-state index >= 15 is 0 Å². The molecule has 5 aromatic rings. The van der Waals surface area contributed by atoms with E-state index in [1.54, 1.807) is 11.6 Å². The van der Waals surface area contributed by atoms with Gasteiger partial charge in [0.25, 0.3) is 11.5 Å². The van der Waals surface area contributed by atoms with Gasteiger partial charge in [-0.1, -0.05) is 46.3 Å². The summed E-state index contributed by atoms with van der Waals surface area (Å²) in [6, 6.07) is 14.9. The lowest BCUT2D eigenvalue weighted by atomic mass is 10.2. The van der Waals surface area contributed by atoms with Gasteiger partial charge >= 0.3 is 5.69 Å². The van der Waals surface area contributed by atoms with Crippen molar-refractivity contribution in [1.29, 1.82) is 0 Å². The van der Waals surface area contributed by atoms with Gasteiger partial charge in [0.05, 0.1) is 12.1 Å². The van der Waals surface area contributed by atoms with E-state index in [-0.39, 0.29) is 35.2 Å². The van der Waals surface area contributed by atoms with Crippen LogP contribution >= 0.6 is 15.9 Å². The molecule has 0 radical (unpaired) electrons. The number of rotatable bonds is 4. The van der Waals surface area contributed by atoms with Crippen molar-refractivity contribution in [3.8, 4) is 5.88 Å². The monoisotopic (exact) mass is 507 g/mol. The minimum Gasteiger partial charge on any atom is -0.493 e. The van der Waals surface area contributed by atoms with Gasteiger partial charge in [-0.15, -0.1) is 10.2 Å². The lowest BCUT2D eigenvalue weighted by Gasteiger charge is -2.08. The van der Waals surface area contributed by atoms with Crippen LogP contribution in [-0.2, 0) is 20.6 Å². The summed E-state index contributed by atoms with van der Waals surface area (Å²) in [5.41, 5.74) is 1.33. The molecule has 0 aliphatic heterocycles. The maximum Gasteiger partial charge on any atom is 0.332 e. The molecule has 0 aliphatic rings. The van der Waals surface area contributed by atoms with Crippen LogP contribution in [0.3, 0.4) is 0 Å². The van der Waals surface area contributed by atoms with Crippen molar-refractivity contribution in [2.75, 3.05) is 0 Å². The number of hydrogen-bond donors (Lipinski definition) is 2. The molecular formula is C22H18BrN7O3. The molecule has 0 bridgehead atoms. The van der Waals surface area contributed by atoms with Gasteiger partial charge in [-0.05, 0) is 23.8 Å². The molecule has 10 nitrogen and oxygen atoms in total. The smallest absolute Gasteiger partial charge is 0.332 e. The van der Waals surface area contributed by atoms with Crippen molar-refractivity contribution in [1.82, 2.24) is 23.7 Å². The molecule has 3 heterocycles. The number of imidazole rings is 1. The largest absolute Gasteiger partial charge is 0.493 e. The standard InChI is InChI=1S/C22H18BrN7O3/c1-28-18-17(20(32)29(2)22(28)33)30(11-12-6-5-7-13(23)10-12)21(25-18)27-26-16-14-8-3-4-9-15(14)24-19(16)31/h3-10,24,31H,11H2,1-2H3. The Balaban J connectivity index is 1.74. The number of benzene rings is 2. The van der Waals surface area contributed by atoms with Crippen molar-refractivity contribution in [3.63, 3.8) is 0 Å². The molecule has 0 spiro atoms. The number of aryl methyl sites for hydroxylation is 1. The van der Waals surface area contributed by atoms with Crippen LogP contribution in [0.25, 0.3) is 22.1 Å². The number of hydrogen-bond acceptors (Lipinski definition) is 6. The van der Waals surface area contributed by atoms with Gasteiger partial charge in [0, 0.05) is 24.0 Å². The molecule has 0 aliphatic carbocycles. The van der Waals surface area contributed by atoms with Crippen molar-refractivity contribution in [3.05, 3.63) is 79.4 Å². The highest BCUT2D eigenvalue weighted by molar-refractivity contribution is 9.10. The van der Waals surface area contributed by atoms with Crippen LogP contribution in [0.2, 0.25) is 0 Å². The fraction of sp³-hybridized carbons (Fsp3) is 0.136. The van der Waals surface area contributed by atoms with Gasteiger partial charge in [-0.3, -0.25) is 18.5 Å². The normalized spacial score (nSPS) is 11.8. The van der Waals surface area contributed by atoms with Gasteiger partial charge in [0.1, 0.15) is 0 Å². The number of azo groups is 1. The maximum atomic E-state index is 13.0. The molecule has 0 saturated heterocycles. The topological polar surface area (TPSA) is 123 Å². The Labute approximate surface area is 194 Å². The number of aromatic nitrogens is 5. The second-order valence-corrected chi connectivity index (χ2v) is 8.49. The minimum absolute atomic E-state index is 0.127. The van der Waals surface area contributed by atoms with E-state index < -0.39 is 11.2 Å². The fourth-order valence-electron chi connectivity index (χ4n) is 3.79. The predicted molar refractivity (Wildman–Crippen MR) is 128 cm³/mol. The summed E-state index contributed by atoms with van der Waals surface area (Å²) in [6.07, 6.45) is 0. The zero-order valence-electron chi connectivity index (χ0n) is 17.7. The molecule has 166 valence electrons. The molecule has 0 atom stereocenters. The molecular weight excluding hydrogens is 490 g/mol. The predicted octanol–water partition coefficient (Wildman–Crippen LogP) is 3.85. The number of nitrogens with one attached hydrogen (secondary N) is 1. The van der Waals surface area contributed by atoms with Crippen LogP contribution in [0.5, 0.6) is 5.88 Å². The second kappa shape index (κ2) is 7.85. The third-order valence-corrected chi connectivity index (χ3v) is 5.95. The highest BCUT2D eigenvalue weighted by Crippen LogP contribution is 2.36. The summed E-state index contributed by atoms with van der Waals surface area (Å²) >= 11 is 3.46. The quantitative estimate of drug-likeness (QED) is 0.358. The number of aromatic hydroxyl groups is 1. The van der Waals surface area contributed by atoms with Gasteiger partial charge < -0.3 is 10.1 Å². The molecule has 5 rings (SSSR count). The fourth-order valence-corrected chi connectivity index (χ4v) is 4.23. The van der Waals surface area contributed by atoms with E-state index in [4.69, 9.17) is 0 Å². The van der Waals surface area contributed by atoms with Crippen LogP contribution in [0, 0.1) is 0 Å². The molecule has 11 heteroatoms. The first-order chi connectivity index (χ1) is 15.8. The van der Waals surface area contributed by atoms with Crippen LogP contribution in [-0.4, -0.2) is 28.8 Å². The minimum atomic E-state index is -0.489. The van der Waals surface area contributed by atoms with Crippen LogP contribution in [0.15, 0.2) is 72.8 Å².